The number of carbonyl (C=O) groups is 1. The van der Waals surface area contributed by atoms with E-state index in [1.165, 1.54) is 26.4 Å². The predicted octanol–water partition coefficient (Wildman–Crippen LogP) is 2.70. The summed E-state index contributed by atoms with van der Waals surface area (Å²) in [7, 11) is 1.40. The largest absolute Gasteiger partial charge is 0.453 e. The van der Waals surface area contributed by atoms with Gasteiger partial charge in [-0.3, -0.25) is 0 Å². The molecule has 0 aromatic heterocycles. The van der Waals surface area contributed by atoms with E-state index in [1.807, 2.05) is 0 Å². The highest BCUT2D eigenvalue weighted by atomic mass is 16.5. The molecule has 0 heterocycles. The highest BCUT2D eigenvalue weighted by molar-refractivity contribution is 5.67. The van der Waals surface area contributed by atoms with Crippen molar-refractivity contribution in [3.05, 3.63) is 0 Å². The molecular formula is C10H21NO2. The second kappa shape index (κ2) is 7.90. The first-order valence-electron chi connectivity index (χ1n) is 5.09. The first-order chi connectivity index (χ1) is 6.24. The van der Waals surface area contributed by atoms with Gasteiger partial charge in [-0.2, -0.15) is 0 Å². The molecule has 0 aliphatic carbocycles. The fraction of sp³-hybridized carbons (Fsp3) is 0.900. The fourth-order valence-electron chi connectivity index (χ4n) is 1.24. The van der Waals surface area contributed by atoms with Crippen LogP contribution in [0.25, 0.3) is 0 Å². The third kappa shape index (κ3) is 6.43. The molecule has 0 aromatic rings. The molecule has 0 aliphatic rings. The maximum atomic E-state index is 10.9. The molecule has 0 aliphatic heterocycles. The number of rotatable bonds is 6. The molecule has 0 aromatic carbocycles. The van der Waals surface area contributed by atoms with Crippen LogP contribution in [0.1, 0.15) is 46.0 Å². The molecule has 3 heteroatoms. The normalized spacial score (nSPS) is 12.2. The monoisotopic (exact) mass is 187 g/mol. The Morgan fingerprint density at radius 2 is 2.08 bits per heavy atom. The third-order valence-electron chi connectivity index (χ3n) is 2.16. The molecular weight excluding hydrogens is 166 g/mol. The fourth-order valence-corrected chi connectivity index (χ4v) is 1.24. The number of amides is 1. The Kier molecular flexibility index (Phi) is 7.45. The number of ether oxygens (including phenoxy) is 1. The Bertz CT molecular complexity index is 137. The Labute approximate surface area is 80.8 Å². The highest BCUT2D eigenvalue weighted by Crippen LogP contribution is 2.06. The van der Waals surface area contributed by atoms with E-state index in [4.69, 9.17) is 0 Å². The van der Waals surface area contributed by atoms with Gasteiger partial charge in [-0.1, -0.05) is 33.1 Å². The smallest absolute Gasteiger partial charge is 0.407 e. The molecule has 1 N–H and O–H groups in total. The van der Waals surface area contributed by atoms with Crippen LogP contribution < -0.4 is 5.32 Å². The summed E-state index contributed by atoms with van der Waals surface area (Å²) in [4.78, 5) is 10.9. The van der Waals surface area contributed by atoms with E-state index in [0.29, 0.717) is 0 Å². The van der Waals surface area contributed by atoms with Gasteiger partial charge in [0.15, 0.2) is 0 Å². The van der Waals surface area contributed by atoms with E-state index >= 15 is 0 Å². The molecule has 0 saturated heterocycles. The van der Waals surface area contributed by atoms with Crippen LogP contribution in [0.15, 0.2) is 0 Å². The van der Waals surface area contributed by atoms with Crippen LogP contribution >= 0.6 is 0 Å². The lowest BCUT2D eigenvalue weighted by atomic mass is 10.1. The van der Waals surface area contributed by atoms with Gasteiger partial charge in [0, 0.05) is 6.04 Å². The van der Waals surface area contributed by atoms with Gasteiger partial charge in [0.05, 0.1) is 7.11 Å². The van der Waals surface area contributed by atoms with Crippen molar-refractivity contribution in [3.63, 3.8) is 0 Å². The van der Waals surface area contributed by atoms with Crippen LogP contribution in [-0.2, 0) is 4.74 Å². The summed E-state index contributed by atoms with van der Waals surface area (Å²) in [5, 5.41) is 2.81. The molecule has 3 nitrogen and oxygen atoms in total. The minimum absolute atomic E-state index is 0.277. The molecule has 0 saturated carbocycles. The number of hydrogen-bond acceptors (Lipinski definition) is 2. The molecule has 0 rings (SSSR count). The van der Waals surface area contributed by atoms with E-state index in [0.717, 1.165) is 12.8 Å². The first-order valence-corrected chi connectivity index (χ1v) is 5.09. The zero-order chi connectivity index (χ0) is 10.1. The zero-order valence-corrected chi connectivity index (χ0v) is 8.93. The summed E-state index contributed by atoms with van der Waals surface area (Å²) < 4.78 is 4.54. The van der Waals surface area contributed by atoms with Crippen LogP contribution in [0.3, 0.4) is 0 Å². The lowest BCUT2D eigenvalue weighted by Gasteiger charge is -2.15. The van der Waals surface area contributed by atoms with Gasteiger partial charge >= 0.3 is 6.09 Å². The Morgan fingerprint density at radius 1 is 1.38 bits per heavy atom. The van der Waals surface area contributed by atoms with Crippen LogP contribution in [0, 0.1) is 0 Å². The molecule has 1 atom stereocenters. The second-order valence-electron chi connectivity index (χ2n) is 3.24. The van der Waals surface area contributed by atoms with Gasteiger partial charge in [0.25, 0.3) is 0 Å². The van der Waals surface area contributed by atoms with Crippen molar-refractivity contribution < 1.29 is 9.53 Å². The predicted molar refractivity (Wildman–Crippen MR) is 53.8 cm³/mol. The van der Waals surface area contributed by atoms with Crippen LogP contribution in [0.5, 0.6) is 0 Å². The first kappa shape index (κ1) is 12.3. The van der Waals surface area contributed by atoms with E-state index < -0.39 is 0 Å². The van der Waals surface area contributed by atoms with Crippen molar-refractivity contribution in [2.45, 2.75) is 52.0 Å². The Morgan fingerprint density at radius 3 is 2.54 bits per heavy atom. The number of hydrogen-bond donors (Lipinski definition) is 1. The van der Waals surface area contributed by atoms with Crippen molar-refractivity contribution in [2.75, 3.05) is 7.11 Å². The molecule has 13 heavy (non-hydrogen) atoms. The molecule has 0 fully saturated rings. The highest BCUT2D eigenvalue weighted by Gasteiger charge is 2.08. The summed E-state index contributed by atoms with van der Waals surface area (Å²) in [6.07, 6.45) is 5.34. The Hall–Kier alpha value is -0.730. The molecule has 0 bridgehead atoms. The average molecular weight is 187 g/mol. The number of methoxy groups -OCH3 is 1. The summed E-state index contributed by atoms with van der Waals surface area (Å²) >= 11 is 0. The van der Waals surface area contributed by atoms with Crippen molar-refractivity contribution >= 4 is 6.09 Å². The van der Waals surface area contributed by atoms with E-state index in [2.05, 4.69) is 23.9 Å². The number of nitrogens with one attached hydrogen (secondary N) is 1. The van der Waals surface area contributed by atoms with Gasteiger partial charge < -0.3 is 10.1 Å². The third-order valence-corrected chi connectivity index (χ3v) is 2.16. The maximum Gasteiger partial charge on any atom is 0.407 e. The molecule has 78 valence electrons. The van der Waals surface area contributed by atoms with Crippen molar-refractivity contribution in [3.8, 4) is 0 Å². The van der Waals surface area contributed by atoms with E-state index in [-0.39, 0.29) is 12.1 Å². The quantitative estimate of drug-likeness (QED) is 0.649. The van der Waals surface area contributed by atoms with Gasteiger partial charge in [-0.05, 0) is 12.8 Å². The minimum Gasteiger partial charge on any atom is -0.453 e. The van der Waals surface area contributed by atoms with Gasteiger partial charge in [0.2, 0.25) is 0 Å². The standard InChI is InChI=1S/C10H21NO2/c1-4-6-7-8-9(5-2)11-10(12)13-3/h9H,4-8H2,1-3H3,(H,11,12). The van der Waals surface area contributed by atoms with Crippen LogP contribution in [-0.4, -0.2) is 19.2 Å². The van der Waals surface area contributed by atoms with Gasteiger partial charge in [0.1, 0.15) is 0 Å². The Balaban J connectivity index is 3.56. The summed E-state index contributed by atoms with van der Waals surface area (Å²) in [6.45, 7) is 4.25. The van der Waals surface area contributed by atoms with E-state index in [9.17, 15) is 4.79 Å². The summed E-state index contributed by atoms with van der Waals surface area (Å²) in [5.41, 5.74) is 0. The van der Waals surface area contributed by atoms with Crippen LogP contribution in [0.4, 0.5) is 4.79 Å². The lowest BCUT2D eigenvalue weighted by Crippen LogP contribution is -2.34. The number of alkyl carbamates (subject to hydrolysis) is 1. The SMILES string of the molecule is CCCCCC(CC)NC(=O)OC. The van der Waals surface area contributed by atoms with Crippen LogP contribution in [0.2, 0.25) is 0 Å². The van der Waals surface area contributed by atoms with Crippen molar-refractivity contribution in [1.29, 1.82) is 0 Å². The van der Waals surface area contributed by atoms with Crippen molar-refractivity contribution in [1.82, 2.24) is 5.32 Å². The second-order valence-corrected chi connectivity index (χ2v) is 3.24. The summed E-state index contributed by atoms with van der Waals surface area (Å²) in [5.74, 6) is 0. The van der Waals surface area contributed by atoms with E-state index in [1.54, 1.807) is 0 Å². The lowest BCUT2D eigenvalue weighted by molar-refractivity contribution is 0.165. The molecule has 0 radical (unpaired) electrons. The molecule has 1 unspecified atom stereocenters. The van der Waals surface area contributed by atoms with Crippen molar-refractivity contribution in [2.24, 2.45) is 0 Å². The zero-order valence-electron chi connectivity index (χ0n) is 8.93. The number of carbonyl (C=O) groups excluding carboxylic acids is 1. The van der Waals surface area contributed by atoms with Gasteiger partial charge in [-0.25, -0.2) is 4.79 Å². The topological polar surface area (TPSA) is 38.3 Å². The molecule has 1 amide bonds. The minimum atomic E-state index is -0.316. The van der Waals surface area contributed by atoms with Gasteiger partial charge in [-0.15, -0.1) is 0 Å². The molecule has 0 spiro atoms. The summed E-state index contributed by atoms with van der Waals surface area (Å²) in [6, 6.07) is 0.277. The average Bonchev–Trinajstić information content (AvgIpc) is 2.16. The maximum absolute atomic E-state index is 10.9. The number of unbranched alkanes of at least 4 members (excludes halogenated alkanes) is 2.